The van der Waals surface area contributed by atoms with Gasteiger partial charge >= 0.3 is 6.09 Å². The molecule has 2 aromatic rings. The molecule has 0 aliphatic rings. The van der Waals surface area contributed by atoms with Crippen LogP contribution >= 0.6 is 23.2 Å². The summed E-state index contributed by atoms with van der Waals surface area (Å²) < 4.78 is 40.3. The first-order valence-electron chi connectivity index (χ1n) is 12.3. The lowest BCUT2D eigenvalue weighted by molar-refractivity contribution is 0.0138. The quantitative estimate of drug-likeness (QED) is 0.268. The van der Waals surface area contributed by atoms with Crippen LogP contribution in [0.4, 0.5) is 13.6 Å². The summed E-state index contributed by atoms with van der Waals surface area (Å²) in [5.41, 5.74) is 0.191. The monoisotopic (exact) mass is 570 g/mol. The third-order valence-corrected chi connectivity index (χ3v) is 11.5. The zero-order valence-electron chi connectivity index (χ0n) is 22.1. The van der Waals surface area contributed by atoms with Gasteiger partial charge in [0.05, 0.1) is 24.3 Å². The molecule has 1 unspecified atom stereocenters. The largest absolute Gasteiger partial charge is 0.444 e. The SMILES string of the molecule is CC[Si](CC)(CC)OC(CN(Cc1cc(F)cc(F)c1)C(=O)OC(C)(C)C)c1c(Cl)cc(C#N)cc1Cl. The van der Waals surface area contributed by atoms with Gasteiger partial charge in [-0.3, -0.25) is 0 Å². The van der Waals surface area contributed by atoms with E-state index in [0.29, 0.717) is 11.1 Å². The number of amides is 1. The van der Waals surface area contributed by atoms with Crippen molar-refractivity contribution in [3.8, 4) is 6.07 Å². The molecule has 0 bridgehead atoms. The van der Waals surface area contributed by atoms with E-state index in [1.54, 1.807) is 20.8 Å². The lowest BCUT2D eigenvalue weighted by Crippen LogP contribution is -2.43. The third kappa shape index (κ3) is 8.68. The van der Waals surface area contributed by atoms with Gasteiger partial charge in [-0.2, -0.15) is 5.26 Å². The number of halogens is 4. The maximum absolute atomic E-state index is 14.0. The number of rotatable bonds is 10. The molecule has 1 atom stereocenters. The van der Waals surface area contributed by atoms with E-state index in [2.05, 4.69) is 20.8 Å². The number of carbonyl (C=O) groups is 1. The van der Waals surface area contributed by atoms with E-state index in [1.165, 1.54) is 29.2 Å². The molecule has 0 N–H and O–H groups in total. The van der Waals surface area contributed by atoms with Crippen molar-refractivity contribution in [3.05, 3.63) is 68.7 Å². The molecule has 202 valence electrons. The zero-order valence-corrected chi connectivity index (χ0v) is 24.6. The van der Waals surface area contributed by atoms with Gasteiger partial charge in [0, 0.05) is 28.2 Å². The van der Waals surface area contributed by atoms with Crippen LogP contribution < -0.4 is 0 Å². The first kappa shape index (κ1) is 31.0. The molecule has 0 aliphatic heterocycles. The van der Waals surface area contributed by atoms with Crippen LogP contribution in [0.15, 0.2) is 30.3 Å². The van der Waals surface area contributed by atoms with E-state index in [1.807, 2.05) is 6.07 Å². The Bertz CT molecular complexity index is 1100. The predicted molar refractivity (Wildman–Crippen MR) is 145 cm³/mol. The molecule has 37 heavy (non-hydrogen) atoms. The summed E-state index contributed by atoms with van der Waals surface area (Å²) in [6, 6.07) is 10.6. The van der Waals surface area contributed by atoms with Crippen molar-refractivity contribution in [3.63, 3.8) is 0 Å². The number of carbonyl (C=O) groups excluding carboxylic acids is 1. The van der Waals surface area contributed by atoms with Crippen molar-refractivity contribution < 1.29 is 22.7 Å². The minimum atomic E-state index is -2.27. The molecule has 0 saturated heterocycles. The Kier molecular flexibility index (Phi) is 11.0. The van der Waals surface area contributed by atoms with E-state index < -0.39 is 37.8 Å². The van der Waals surface area contributed by atoms with Gasteiger partial charge in [0.1, 0.15) is 17.2 Å². The first-order valence-corrected chi connectivity index (χ1v) is 15.5. The van der Waals surface area contributed by atoms with Gasteiger partial charge in [-0.15, -0.1) is 0 Å². The van der Waals surface area contributed by atoms with E-state index in [0.717, 1.165) is 24.2 Å². The van der Waals surface area contributed by atoms with Gasteiger partial charge in [-0.25, -0.2) is 13.6 Å². The number of nitriles is 1. The van der Waals surface area contributed by atoms with E-state index in [9.17, 15) is 18.8 Å². The third-order valence-electron chi connectivity index (χ3n) is 6.19. The number of ether oxygens (including phenoxy) is 1. The van der Waals surface area contributed by atoms with Crippen LogP contribution in [-0.2, 0) is 15.7 Å². The molecule has 5 nitrogen and oxygen atoms in total. The maximum atomic E-state index is 14.0. The van der Waals surface area contributed by atoms with Crippen molar-refractivity contribution in [2.75, 3.05) is 6.54 Å². The molecular weight excluding hydrogens is 537 g/mol. The average Bonchev–Trinajstić information content (AvgIpc) is 2.79. The topological polar surface area (TPSA) is 62.6 Å². The van der Waals surface area contributed by atoms with E-state index in [-0.39, 0.29) is 28.7 Å². The minimum absolute atomic E-state index is 0.0346. The molecule has 0 radical (unpaired) electrons. The van der Waals surface area contributed by atoms with Crippen LogP contribution in [0, 0.1) is 23.0 Å². The Labute approximate surface area is 229 Å². The predicted octanol–water partition coefficient (Wildman–Crippen LogP) is 8.64. The highest BCUT2D eigenvalue weighted by atomic mass is 35.5. The van der Waals surface area contributed by atoms with Crippen LogP contribution in [0.3, 0.4) is 0 Å². The van der Waals surface area contributed by atoms with E-state index >= 15 is 0 Å². The second kappa shape index (κ2) is 13.1. The van der Waals surface area contributed by atoms with Crippen molar-refractivity contribution in [2.45, 2.75) is 77.9 Å². The molecule has 2 aromatic carbocycles. The van der Waals surface area contributed by atoms with Crippen LogP contribution in [-0.4, -0.2) is 31.5 Å². The Morgan fingerprint density at radius 1 is 1.03 bits per heavy atom. The van der Waals surface area contributed by atoms with Crippen molar-refractivity contribution in [1.82, 2.24) is 4.90 Å². The molecule has 0 heterocycles. The Balaban J connectivity index is 2.62. The van der Waals surface area contributed by atoms with Crippen LogP contribution in [0.25, 0.3) is 0 Å². The van der Waals surface area contributed by atoms with Gasteiger partial charge in [0.2, 0.25) is 0 Å². The number of nitrogens with zero attached hydrogens (tertiary/aromatic N) is 2. The Morgan fingerprint density at radius 3 is 1.97 bits per heavy atom. The minimum Gasteiger partial charge on any atom is -0.444 e. The lowest BCUT2D eigenvalue weighted by atomic mass is 10.1. The molecule has 0 fully saturated rings. The molecular formula is C27H34Cl2F2N2O3Si. The zero-order chi connectivity index (χ0) is 28.0. The second-order valence-corrected chi connectivity index (χ2v) is 15.5. The summed E-state index contributed by atoms with van der Waals surface area (Å²) in [7, 11) is -2.27. The van der Waals surface area contributed by atoms with Crippen molar-refractivity contribution in [2.24, 2.45) is 0 Å². The normalized spacial score (nSPS) is 12.7. The fourth-order valence-electron chi connectivity index (χ4n) is 4.10. The van der Waals surface area contributed by atoms with Crippen LogP contribution in [0.5, 0.6) is 0 Å². The number of benzene rings is 2. The first-order chi connectivity index (χ1) is 17.3. The van der Waals surface area contributed by atoms with Crippen LogP contribution in [0.2, 0.25) is 28.2 Å². The summed E-state index contributed by atoms with van der Waals surface area (Å²) in [6.07, 6.45) is -1.44. The smallest absolute Gasteiger partial charge is 0.410 e. The fraction of sp³-hybridized carbons (Fsp3) is 0.481. The maximum Gasteiger partial charge on any atom is 0.410 e. The molecule has 0 saturated carbocycles. The number of hydrogen-bond donors (Lipinski definition) is 0. The molecule has 2 rings (SSSR count). The fourth-order valence-corrected chi connectivity index (χ4v) is 7.62. The second-order valence-electron chi connectivity index (χ2n) is 9.95. The molecule has 0 aromatic heterocycles. The van der Waals surface area contributed by atoms with Gasteiger partial charge in [-0.05, 0) is 68.7 Å². The Hall–Kier alpha value is -2.18. The highest BCUT2D eigenvalue weighted by molar-refractivity contribution is 6.73. The summed E-state index contributed by atoms with van der Waals surface area (Å²) in [5.74, 6) is -1.50. The summed E-state index contributed by atoms with van der Waals surface area (Å²) in [5, 5.41) is 9.80. The van der Waals surface area contributed by atoms with Crippen molar-refractivity contribution in [1.29, 1.82) is 5.26 Å². The summed E-state index contributed by atoms with van der Waals surface area (Å²) in [4.78, 5) is 14.6. The molecule has 0 aliphatic carbocycles. The van der Waals surface area contributed by atoms with Gasteiger partial charge < -0.3 is 14.1 Å². The van der Waals surface area contributed by atoms with E-state index in [4.69, 9.17) is 32.4 Å². The highest BCUT2D eigenvalue weighted by Crippen LogP contribution is 2.38. The van der Waals surface area contributed by atoms with Crippen molar-refractivity contribution >= 4 is 37.6 Å². The molecule has 10 heteroatoms. The van der Waals surface area contributed by atoms with Gasteiger partial charge in [-0.1, -0.05) is 44.0 Å². The molecule has 1 amide bonds. The summed E-state index contributed by atoms with van der Waals surface area (Å²) >= 11 is 13.2. The van der Waals surface area contributed by atoms with Crippen LogP contribution in [0.1, 0.15) is 64.3 Å². The lowest BCUT2D eigenvalue weighted by Gasteiger charge is -2.37. The number of hydrogen-bond acceptors (Lipinski definition) is 4. The van der Waals surface area contributed by atoms with Gasteiger partial charge in [0.25, 0.3) is 0 Å². The summed E-state index contributed by atoms with van der Waals surface area (Å²) in [6.45, 7) is 11.2. The molecule has 0 spiro atoms. The van der Waals surface area contributed by atoms with Gasteiger partial charge in [0.15, 0.2) is 8.32 Å². The average molecular weight is 572 g/mol. The Morgan fingerprint density at radius 2 is 1.54 bits per heavy atom. The highest BCUT2D eigenvalue weighted by Gasteiger charge is 2.36. The standard InChI is InChI=1S/C27H34Cl2F2N2O3Si/c1-7-37(8-2,9-3)36-24(25-22(28)12-18(15-32)13-23(25)29)17-33(26(34)35-27(4,5)6)16-19-10-20(30)14-21(31)11-19/h10-14,24H,7-9,16-17H2,1-6H3.